The zero-order chi connectivity index (χ0) is 15.9. The topological polar surface area (TPSA) is 41.6 Å². The summed E-state index contributed by atoms with van der Waals surface area (Å²) in [6.45, 7) is 3.33. The Hall–Kier alpha value is -1.55. The third-order valence-corrected chi connectivity index (χ3v) is 5.00. The van der Waals surface area contributed by atoms with Gasteiger partial charge in [-0.25, -0.2) is 0 Å². The number of para-hydroxylation sites is 1. The first-order valence-corrected chi connectivity index (χ1v) is 9.02. The van der Waals surface area contributed by atoms with Gasteiger partial charge >= 0.3 is 0 Å². The molecule has 1 aromatic carbocycles. The Bertz CT molecular complexity index is 485. The molecule has 1 amide bonds. The van der Waals surface area contributed by atoms with E-state index in [4.69, 9.17) is 4.74 Å². The van der Waals surface area contributed by atoms with E-state index in [1.54, 1.807) is 0 Å². The normalized spacial score (nSPS) is 22.8. The fourth-order valence-corrected chi connectivity index (χ4v) is 3.63. The first-order valence-electron chi connectivity index (χ1n) is 9.02. The van der Waals surface area contributed by atoms with E-state index < -0.39 is 0 Å². The van der Waals surface area contributed by atoms with Crippen LogP contribution in [0.15, 0.2) is 30.3 Å². The molecular formula is C19H28N2O2. The lowest BCUT2D eigenvalue weighted by atomic mass is 9.88. The van der Waals surface area contributed by atoms with Crippen LogP contribution < -0.4 is 10.2 Å². The zero-order valence-corrected chi connectivity index (χ0v) is 13.9. The molecule has 3 rings (SSSR count). The van der Waals surface area contributed by atoms with Gasteiger partial charge in [0.1, 0.15) is 0 Å². The van der Waals surface area contributed by atoms with Gasteiger partial charge in [0.05, 0.1) is 12.7 Å². The van der Waals surface area contributed by atoms with Crippen LogP contribution in [0, 0.1) is 5.92 Å². The molecule has 1 aliphatic heterocycles. The Morgan fingerprint density at radius 3 is 2.74 bits per heavy atom. The van der Waals surface area contributed by atoms with Crippen molar-refractivity contribution in [2.75, 3.05) is 31.1 Å². The highest BCUT2D eigenvalue weighted by atomic mass is 16.5. The standard InChI is InChI=1S/C19H28N2O2/c22-19(16-7-3-1-4-8-16)20-12-11-18-15-21(13-14-23-18)17-9-5-2-6-10-17/h2,5-6,9-10,16,18H,1,3-4,7-8,11-15H2,(H,20,22). The molecule has 2 aliphatic rings. The Balaban J connectivity index is 1.40. The van der Waals surface area contributed by atoms with Crippen LogP contribution >= 0.6 is 0 Å². The Kier molecular flexibility index (Phi) is 5.92. The van der Waals surface area contributed by atoms with Gasteiger partial charge in [0.25, 0.3) is 0 Å². The lowest BCUT2D eigenvalue weighted by Crippen LogP contribution is -2.44. The largest absolute Gasteiger partial charge is 0.374 e. The number of carbonyl (C=O) groups is 1. The van der Waals surface area contributed by atoms with Crippen molar-refractivity contribution in [1.29, 1.82) is 0 Å². The second kappa shape index (κ2) is 8.34. The third kappa shape index (κ3) is 4.71. The van der Waals surface area contributed by atoms with Crippen molar-refractivity contribution < 1.29 is 9.53 Å². The first kappa shape index (κ1) is 16.3. The van der Waals surface area contributed by atoms with Crippen LogP contribution in [0.1, 0.15) is 38.5 Å². The van der Waals surface area contributed by atoms with Gasteiger partial charge in [-0.05, 0) is 31.4 Å². The number of hydrogen-bond donors (Lipinski definition) is 1. The lowest BCUT2D eigenvalue weighted by Gasteiger charge is -2.34. The van der Waals surface area contributed by atoms with Gasteiger partial charge < -0.3 is 15.0 Å². The van der Waals surface area contributed by atoms with E-state index >= 15 is 0 Å². The minimum Gasteiger partial charge on any atom is -0.374 e. The predicted octanol–water partition coefficient (Wildman–Crippen LogP) is 2.98. The van der Waals surface area contributed by atoms with Gasteiger partial charge in [0.15, 0.2) is 0 Å². The van der Waals surface area contributed by atoms with Crippen molar-refractivity contribution in [3.63, 3.8) is 0 Å². The molecule has 0 radical (unpaired) electrons. The summed E-state index contributed by atoms with van der Waals surface area (Å²) in [4.78, 5) is 14.5. The second-order valence-corrected chi connectivity index (χ2v) is 6.69. The van der Waals surface area contributed by atoms with Crippen molar-refractivity contribution in [2.45, 2.75) is 44.6 Å². The van der Waals surface area contributed by atoms with Crippen LogP contribution in [0.5, 0.6) is 0 Å². The van der Waals surface area contributed by atoms with Crippen molar-refractivity contribution in [1.82, 2.24) is 5.32 Å². The van der Waals surface area contributed by atoms with Gasteiger partial charge in [0.2, 0.25) is 5.91 Å². The fourth-order valence-electron chi connectivity index (χ4n) is 3.63. The Morgan fingerprint density at radius 1 is 1.17 bits per heavy atom. The summed E-state index contributed by atoms with van der Waals surface area (Å²) in [6.07, 6.45) is 6.92. The van der Waals surface area contributed by atoms with Crippen molar-refractivity contribution in [3.05, 3.63) is 30.3 Å². The molecule has 1 N–H and O–H groups in total. The maximum Gasteiger partial charge on any atom is 0.223 e. The summed E-state index contributed by atoms with van der Waals surface area (Å²) < 4.78 is 5.86. The van der Waals surface area contributed by atoms with E-state index in [9.17, 15) is 4.79 Å². The van der Waals surface area contributed by atoms with Crippen molar-refractivity contribution in [2.24, 2.45) is 5.92 Å². The van der Waals surface area contributed by atoms with E-state index in [0.717, 1.165) is 45.5 Å². The van der Waals surface area contributed by atoms with Gasteiger partial charge in [-0.2, -0.15) is 0 Å². The molecule has 1 aromatic rings. The first-order chi connectivity index (χ1) is 11.3. The Labute approximate surface area is 139 Å². The molecule has 1 unspecified atom stereocenters. The molecule has 4 heteroatoms. The highest BCUT2D eigenvalue weighted by molar-refractivity contribution is 5.78. The molecule has 1 saturated carbocycles. The fraction of sp³-hybridized carbons (Fsp3) is 0.632. The van der Waals surface area contributed by atoms with Gasteiger partial charge in [-0.15, -0.1) is 0 Å². The summed E-state index contributed by atoms with van der Waals surface area (Å²) in [6, 6.07) is 10.5. The number of ether oxygens (including phenoxy) is 1. The van der Waals surface area contributed by atoms with E-state index in [-0.39, 0.29) is 17.9 Å². The van der Waals surface area contributed by atoms with Crippen LogP contribution in [-0.2, 0) is 9.53 Å². The molecule has 23 heavy (non-hydrogen) atoms. The summed E-state index contributed by atoms with van der Waals surface area (Å²) in [5.74, 6) is 0.497. The monoisotopic (exact) mass is 316 g/mol. The van der Waals surface area contributed by atoms with E-state index in [2.05, 4.69) is 34.5 Å². The minimum absolute atomic E-state index is 0.204. The molecule has 4 nitrogen and oxygen atoms in total. The number of amides is 1. The molecule has 1 saturated heterocycles. The number of nitrogens with zero attached hydrogens (tertiary/aromatic N) is 1. The highest BCUT2D eigenvalue weighted by Crippen LogP contribution is 2.23. The van der Waals surface area contributed by atoms with E-state index in [0.29, 0.717) is 0 Å². The van der Waals surface area contributed by atoms with Gasteiger partial charge in [0, 0.05) is 31.2 Å². The quantitative estimate of drug-likeness (QED) is 0.908. The minimum atomic E-state index is 0.204. The number of benzene rings is 1. The maximum atomic E-state index is 12.2. The van der Waals surface area contributed by atoms with E-state index in [1.807, 2.05) is 6.07 Å². The molecule has 1 heterocycles. The molecule has 0 bridgehead atoms. The number of morpholine rings is 1. The summed E-state index contributed by atoms with van der Waals surface area (Å²) in [7, 11) is 0. The highest BCUT2D eigenvalue weighted by Gasteiger charge is 2.23. The van der Waals surface area contributed by atoms with Crippen LogP contribution in [0.3, 0.4) is 0 Å². The Morgan fingerprint density at radius 2 is 1.96 bits per heavy atom. The van der Waals surface area contributed by atoms with Crippen molar-refractivity contribution >= 4 is 11.6 Å². The SMILES string of the molecule is O=C(NCCC1CN(c2ccccc2)CCO1)C1CCCCC1. The number of anilines is 1. The number of carbonyl (C=O) groups excluding carboxylic acids is 1. The molecular weight excluding hydrogens is 288 g/mol. The van der Waals surface area contributed by atoms with Crippen LogP contribution in [0.4, 0.5) is 5.69 Å². The zero-order valence-electron chi connectivity index (χ0n) is 13.9. The van der Waals surface area contributed by atoms with Crippen molar-refractivity contribution in [3.8, 4) is 0 Å². The van der Waals surface area contributed by atoms with Crippen LogP contribution in [0.25, 0.3) is 0 Å². The van der Waals surface area contributed by atoms with Gasteiger partial charge in [-0.3, -0.25) is 4.79 Å². The smallest absolute Gasteiger partial charge is 0.223 e. The molecule has 1 atom stereocenters. The number of nitrogens with one attached hydrogen (secondary N) is 1. The van der Waals surface area contributed by atoms with E-state index in [1.165, 1.54) is 24.9 Å². The maximum absolute atomic E-state index is 12.2. The molecule has 1 aliphatic carbocycles. The van der Waals surface area contributed by atoms with Gasteiger partial charge in [-0.1, -0.05) is 37.5 Å². The molecule has 2 fully saturated rings. The van der Waals surface area contributed by atoms with Crippen LogP contribution in [-0.4, -0.2) is 38.3 Å². The number of rotatable bonds is 5. The molecule has 126 valence electrons. The second-order valence-electron chi connectivity index (χ2n) is 6.69. The summed E-state index contributed by atoms with van der Waals surface area (Å²) >= 11 is 0. The van der Waals surface area contributed by atoms with Crippen LogP contribution in [0.2, 0.25) is 0 Å². The average molecular weight is 316 g/mol. The molecule has 0 aromatic heterocycles. The predicted molar refractivity (Wildman–Crippen MR) is 92.6 cm³/mol. The third-order valence-electron chi connectivity index (χ3n) is 5.00. The summed E-state index contributed by atoms with van der Waals surface area (Å²) in [5.41, 5.74) is 1.26. The average Bonchev–Trinajstić information content (AvgIpc) is 2.63. The lowest BCUT2D eigenvalue weighted by molar-refractivity contribution is -0.126. The molecule has 0 spiro atoms. The number of hydrogen-bond acceptors (Lipinski definition) is 3. The summed E-state index contributed by atoms with van der Waals surface area (Å²) in [5, 5.41) is 3.12.